The Hall–Kier alpha value is -1.15. The van der Waals surface area contributed by atoms with E-state index in [0.717, 1.165) is 24.7 Å². The molecule has 0 aromatic carbocycles. The third-order valence-corrected chi connectivity index (χ3v) is 4.94. The van der Waals surface area contributed by atoms with Crippen LogP contribution in [0.5, 0.6) is 0 Å². The van der Waals surface area contributed by atoms with Gasteiger partial charge in [0.05, 0.1) is 46.2 Å². The molecule has 1 fully saturated rings. The molecule has 1 amide bonds. The van der Waals surface area contributed by atoms with Gasteiger partial charge in [0.25, 0.3) is 0 Å². The van der Waals surface area contributed by atoms with E-state index in [9.17, 15) is 4.79 Å². The van der Waals surface area contributed by atoms with Crippen molar-refractivity contribution in [3.8, 4) is 0 Å². The van der Waals surface area contributed by atoms with E-state index in [0.29, 0.717) is 65.3 Å². The summed E-state index contributed by atoms with van der Waals surface area (Å²) in [4.78, 5) is 11.7. The van der Waals surface area contributed by atoms with Crippen LogP contribution < -0.4 is 11.1 Å². The first-order valence-electron chi connectivity index (χ1n) is 9.82. The summed E-state index contributed by atoms with van der Waals surface area (Å²) in [5.41, 5.74) is 5.31. The van der Waals surface area contributed by atoms with Crippen LogP contribution in [-0.2, 0) is 18.9 Å². The van der Waals surface area contributed by atoms with Gasteiger partial charge in [0.1, 0.15) is 0 Å². The molecule has 0 aliphatic heterocycles. The first kappa shape index (κ1) is 21.2. The van der Waals surface area contributed by atoms with E-state index in [4.69, 9.17) is 24.7 Å². The topological polar surface area (TPSA) is 92.0 Å². The summed E-state index contributed by atoms with van der Waals surface area (Å²) in [5.74, 6) is 2.05. The minimum Gasteiger partial charge on any atom is -0.449 e. The van der Waals surface area contributed by atoms with Crippen LogP contribution in [0.2, 0.25) is 0 Å². The number of nitrogens with two attached hydrogens (primary N) is 1. The zero-order chi connectivity index (χ0) is 18.5. The number of ether oxygens (including phenoxy) is 4. The fraction of sp³-hybridized carbons (Fsp3) is 0.842. The fourth-order valence-corrected chi connectivity index (χ4v) is 3.51. The number of fused-ring (bicyclic) bond motifs is 1. The van der Waals surface area contributed by atoms with Crippen molar-refractivity contribution in [3.05, 3.63) is 12.2 Å². The van der Waals surface area contributed by atoms with E-state index in [1.807, 2.05) is 0 Å². The minimum absolute atomic E-state index is 0.348. The molecule has 2 rings (SSSR count). The molecule has 1 unspecified atom stereocenters. The third kappa shape index (κ3) is 8.49. The maximum atomic E-state index is 11.7. The van der Waals surface area contributed by atoms with Gasteiger partial charge in [0.2, 0.25) is 0 Å². The van der Waals surface area contributed by atoms with Crippen LogP contribution >= 0.6 is 0 Å². The number of hydrogen-bond acceptors (Lipinski definition) is 6. The molecule has 0 bridgehead atoms. The molecule has 2 aliphatic carbocycles. The van der Waals surface area contributed by atoms with Crippen molar-refractivity contribution in [2.45, 2.75) is 25.7 Å². The van der Waals surface area contributed by atoms with Gasteiger partial charge in [-0.25, -0.2) is 4.79 Å². The molecule has 7 nitrogen and oxygen atoms in total. The first-order valence-corrected chi connectivity index (χ1v) is 9.82. The summed E-state index contributed by atoms with van der Waals surface area (Å²) >= 11 is 0. The van der Waals surface area contributed by atoms with Crippen LogP contribution in [0, 0.1) is 17.8 Å². The standard InChI is InChI=1S/C19H34N2O5/c20-7-9-23-11-13-25-14-12-24-10-8-21-19(22)26-15-18-16-5-3-1-2-4-6-17(16)18/h1-2,16-18H,3-15,20H2,(H,21,22)/b2-1-/t16-,17+,18?. The molecule has 7 heteroatoms. The molecule has 0 aromatic rings. The Balaban J connectivity index is 1.36. The van der Waals surface area contributed by atoms with Gasteiger partial charge in [-0.1, -0.05) is 12.2 Å². The molecule has 0 radical (unpaired) electrons. The molecule has 3 N–H and O–H groups in total. The van der Waals surface area contributed by atoms with Crippen molar-refractivity contribution in [3.63, 3.8) is 0 Å². The Morgan fingerprint density at radius 3 is 2.12 bits per heavy atom. The number of carbonyl (C=O) groups excluding carboxylic acids is 1. The van der Waals surface area contributed by atoms with Crippen molar-refractivity contribution < 1.29 is 23.7 Å². The number of allylic oxidation sites excluding steroid dienone is 2. The predicted molar refractivity (Wildman–Crippen MR) is 98.9 cm³/mol. The quantitative estimate of drug-likeness (QED) is 0.379. The van der Waals surface area contributed by atoms with Crippen molar-refractivity contribution in [1.82, 2.24) is 5.32 Å². The van der Waals surface area contributed by atoms with Gasteiger partial charge < -0.3 is 30.0 Å². The molecule has 1 saturated carbocycles. The second kappa shape index (κ2) is 13.1. The van der Waals surface area contributed by atoms with Gasteiger partial charge in [0.15, 0.2) is 0 Å². The van der Waals surface area contributed by atoms with E-state index in [1.165, 1.54) is 12.8 Å². The highest BCUT2D eigenvalue weighted by Gasteiger charge is 2.49. The Labute approximate surface area is 156 Å². The highest BCUT2D eigenvalue weighted by Crippen LogP contribution is 2.52. The minimum atomic E-state index is -0.348. The second-order valence-corrected chi connectivity index (χ2v) is 6.77. The lowest BCUT2D eigenvalue weighted by atomic mass is 10.1. The van der Waals surface area contributed by atoms with Gasteiger partial charge in [-0.2, -0.15) is 0 Å². The molecule has 0 aromatic heterocycles. The SMILES string of the molecule is NCCOCCOCCOCCNC(=O)OCC1[C@H]2CC/C=C\CC[C@@H]12. The van der Waals surface area contributed by atoms with E-state index in [2.05, 4.69) is 17.5 Å². The van der Waals surface area contributed by atoms with Crippen LogP contribution in [0.1, 0.15) is 25.7 Å². The van der Waals surface area contributed by atoms with Crippen LogP contribution in [0.25, 0.3) is 0 Å². The Bertz CT molecular complexity index is 403. The van der Waals surface area contributed by atoms with Gasteiger partial charge in [-0.05, 0) is 43.4 Å². The monoisotopic (exact) mass is 370 g/mol. The summed E-state index contributed by atoms with van der Waals surface area (Å²) in [6, 6.07) is 0. The van der Waals surface area contributed by atoms with Gasteiger partial charge in [-0.15, -0.1) is 0 Å². The second-order valence-electron chi connectivity index (χ2n) is 6.77. The van der Waals surface area contributed by atoms with Crippen molar-refractivity contribution in [2.24, 2.45) is 23.5 Å². The Kier molecular flexibility index (Phi) is 10.6. The highest BCUT2D eigenvalue weighted by atomic mass is 16.6. The molecule has 0 heterocycles. The summed E-state index contributed by atoms with van der Waals surface area (Å²) in [5, 5.41) is 2.73. The molecule has 150 valence electrons. The smallest absolute Gasteiger partial charge is 0.407 e. The van der Waals surface area contributed by atoms with Crippen molar-refractivity contribution in [2.75, 3.05) is 59.3 Å². The number of hydrogen-bond donors (Lipinski definition) is 2. The number of nitrogens with one attached hydrogen (secondary N) is 1. The highest BCUT2D eigenvalue weighted by molar-refractivity contribution is 5.67. The van der Waals surface area contributed by atoms with Crippen LogP contribution in [0.15, 0.2) is 12.2 Å². The predicted octanol–water partition coefficient (Wildman–Crippen LogP) is 1.71. The normalized spacial score (nSPS) is 25.7. The maximum absolute atomic E-state index is 11.7. The van der Waals surface area contributed by atoms with Gasteiger partial charge in [-0.3, -0.25) is 0 Å². The zero-order valence-corrected chi connectivity index (χ0v) is 15.7. The zero-order valence-electron chi connectivity index (χ0n) is 15.7. The number of carbonyl (C=O) groups is 1. The largest absolute Gasteiger partial charge is 0.449 e. The van der Waals surface area contributed by atoms with Crippen molar-refractivity contribution in [1.29, 1.82) is 0 Å². The van der Waals surface area contributed by atoms with E-state index in [-0.39, 0.29) is 6.09 Å². The molecule has 3 atom stereocenters. The molecular formula is C19H34N2O5. The van der Waals surface area contributed by atoms with Gasteiger partial charge >= 0.3 is 6.09 Å². The Morgan fingerprint density at radius 1 is 0.923 bits per heavy atom. The summed E-state index contributed by atoms with van der Waals surface area (Å²) in [6.45, 7) is 4.60. The van der Waals surface area contributed by atoms with Crippen LogP contribution in [-0.4, -0.2) is 65.4 Å². The summed E-state index contributed by atoms with van der Waals surface area (Å²) < 4.78 is 21.3. The molecule has 0 saturated heterocycles. The summed E-state index contributed by atoms with van der Waals surface area (Å²) in [7, 11) is 0. The lowest BCUT2D eigenvalue weighted by Crippen LogP contribution is -2.29. The van der Waals surface area contributed by atoms with Crippen molar-refractivity contribution >= 4 is 6.09 Å². The first-order chi connectivity index (χ1) is 12.8. The number of alkyl carbamates (subject to hydrolysis) is 1. The molecule has 2 aliphatic rings. The van der Waals surface area contributed by atoms with Gasteiger partial charge in [0, 0.05) is 13.1 Å². The van der Waals surface area contributed by atoms with Crippen LogP contribution in [0.3, 0.4) is 0 Å². The molecule has 26 heavy (non-hydrogen) atoms. The summed E-state index contributed by atoms with van der Waals surface area (Å²) in [6.07, 6.45) is 8.98. The number of amides is 1. The third-order valence-electron chi connectivity index (χ3n) is 4.94. The maximum Gasteiger partial charge on any atom is 0.407 e. The average molecular weight is 370 g/mol. The van der Waals surface area contributed by atoms with Crippen LogP contribution in [0.4, 0.5) is 4.79 Å². The average Bonchev–Trinajstić information content (AvgIpc) is 3.27. The fourth-order valence-electron chi connectivity index (χ4n) is 3.51. The van der Waals surface area contributed by atoms with E-state index >= 15 is 0 Å². The number of rotatable bonds is 13. The van der Waals surface area contributed by atoms with E-state index < -0.39 is 0 Å². The lowest BCUT2D eigenvalue weighted by Gasteiger charge is -2.08. The molecule has 0 spiro atoms. The Morgan fingerprint density at radius 2 is 1.50 bits per heavy atom. The van der Waals surface area contributed by atoms with E-state index in [1.54, 1.807) is 0 Å². The molecular weight excluding hydrogens is 336 g/mol. The lowest BCUT2D eigenvalue weighted by molar-refractivity contribution is 0.0165.